The highest BCUT2D eigenvalue weighted by Crippen LogP contribution is 2.20. The molecule has 1 aliphatic rings. The van der Waals surface area contributed by atoms with Crippen LogP contribution >= 0.6 is 0 Å². The molecule has 0 saturated carbocycles. The number of nitrogens with one attached hydrogen (secondary N) is 1. The van der Waals surface area contributed by atoms with Crippen molar-refractivity contribution in [2.45, 2.75) is 26.2 Å². The van der Waals surface area contributed by atoms with Crippen LogP contribution in [-0.2, 0) is 6.42 Å². The fourth-order valence-corrected chi connectivity index (χ4v) is 3.09. The SMILES string of the molecule is COc1cccc(CCNC(=O)c2ccc(N3CCC(C)CC3)nn2)c1. The van der Waals surface area contributed by atoms with E-state index in [4.69, 9.17) is 4.74 Å². The highest BCUT2D eigenvalue weighted by Gasteiger charge is 2.17. The third-order valence-corrected chi connectivity index (χ3v) is 4.82. The van der Waals surface area contributed by atoms with E-state index in [9.17, 15) is 4.79 Å². The van der Waals surface area contributed by atoms with Crippen molar-refractivity contribution in [2.75, 3.05) is 31.6 Å². The summed E-state index contributed by atoms with van der Waals surface area (Å²) in [5.41, 5.74) is 1.47. The minimum Gasteiger partial charge on any atom is -0.497 e. The number of hydrogen-bond acceptors (Lipinski definition) is 5. The molecule has 0 atom stereocenters. The summed E-state index contributed by atoms with van der Waals surface area (Å²) in [6, 6.07) is 11.5. The largest absolute Gasteiger partial charge is 0.497 e. The lowest BCUT2D eigenvalue weighted by molar-refractivity contribution is 0.0948. The minimum absolute atomic E-state index is 0.195. The predicted octanol–water partition coefficient (Wildman–Crippen LogP) is 2.69. The van der Waals surface area contributed by atoms with Crippen LogP contribution in [0.2, 0.25) is 0 Å². The van der Waals surface area contributed by atoms with Crippen LogP contribution in [0.5, 0.6) is 5.75 Å². The summed E-state index contributed by atoms with van der Waals surface area (Å²) in [5, 5.41) is 11.2. The van der Waals surface area contributed by atoms with Crippen LogP contribution in [-0.4, -0.2) is 42.8 Å². The Balaban J connectivity index is 1.50. The van der Waals surface area contributed by atoms with Gasteiger partial charge in [-0.15, -0.1) is 10.2 Å². The van der Waals surface area contributed by atoms with E-state index in [1.54, 1.807) is 13.2 Å². The van der Waals surface area contributed by atoms with Crippen molar-refractivity contribution in [2.24, 2.45) is 5.92 Å². The Hall–Kier alpha value is -2.63. The lowest BCUT2D eigenvalue weighted by Gasteiger charge is -2.30. The monoisotopic (exact) mass is 354 g/mol. The molecule has 6 heteroatoms. The van der Waals surface area contributed by atoms with E-state index < -0.39 is 0 Å². The van der Waals surface area contributed by atoms with Crippen LogP contribution in [0.15, 0.2) is 36.4 Å². The fourth-order valence-electron chi connectivity index (χ4n) is 3.09. The number of carbonyl (C=O) groups excluding carboxylic acids is 1. The normalized spacial score (nSPS) is 14.9. The topological polar surface area (TPSA) is 67.3 Å². The van der Waals surface area contributed by atoms with Gasteiger partial charge in [-0.3, -0.25) is 4.79 Å². The summed E-state index contributed by atoms with van der Waals surface area (Å²) in [6.07, 6.45) is 3.09. The van der Waals surface area contributed by atoms with Gasteiger partial charge in [0.1, 0.15) is 5.75 Å². The molecule has 1 saturated heterocycles. The molecule has 0 radical (unpaired) electrons. The molecule has 138 valence electrons. The van der Waals surface area contributed by atoms with Gasteiger partial charge in [-0.25, -0.2) is 0 Å². The molecule has 0 aliphatic carbocycles. The van der Waals surface area contributed by atoms with Crippen molar-refractivity contribution in [3.05, 3.63) is 47.7 Å². The zero-order valence-corrected chi connectivity index (χ0v) is 15.4. The number of nitrogens with zero attached hydrogens (tertiary/aromatic N) is 3. The lowest BCUT2D eigenvalue weighted by atomic mass is 9.99. The quantitative estimate of drug-likeness (QED) is 0.864. The van der Waals surface area contributed by atoms with Crippen molar-refractivity contribution >= 4 is 11.7 Å². The highest BCUT2D eigenvalue weighted by atomic mass is 16.5. The Labute approximate surface area is 154 Å². The van der Waals surface area contributed by atoms with Gasteiger partial charge in [-0.05, 0) is 55.0 Å². The molecule has 26 heavy (non-hydrogen) atoms. The maximum absolute atomic E-state index is 12.2. The smallest absolute Gasteiger partial charge is 0.271 e. The summed E-state index contributed by atoms with van der Waals surface area (Å²) < 4.78 is 5.21. The zero-order valence-electron chi connectivity index (χ0n) is 15.4. The number of methoxy groups -OCH3 is 1. The van der Waals surface area contributed by atoms with Crippen molar-refractivity contribution in [3.63, 3.8) is 0 Å². The molecular formula is C20H26N4O2. The molecule has 1 N–H and O–H groups in total. The maximum atomic E-state index is 12.2. The summed E-state index contributed by atoms with van der Waals surface area (Å²) >= 11 is 0. The highest BCUT2D eigenvalue weighted by molar-refractivity contribution is 5.92. The maximum Gasteiger partial charge on any atom is 0.271 e. The van der Waals surface area contributed by atoms with E-state index in [1.807, 2.05) is 30.3 Å². The van der Waals surface area contributed by atoms with Crippen LogP contribution in [0.3, 0.4) is 0 Å². The summed E-state index contributed by atoms with van der Waals surface area (Å²) in [6.45, 7) is 4.82. The van der Waals surface area contributed by atoms with E-state index in [2.05, 4.69) is 27.3 Å². The molecule has 6 nitrogen and oxygen atoms in total. The third-order valence-electron chi connectivity index (χ3n) is 4.82. The molecule has 2 heterocycles. The van der Waals surface area contributed by atoms with Gasteiger partial charge in [0.25, 0.3) is 5.91 Å². The van der Waals surface area contributed by atoms with Crippen molar-refractivity contribution in [3.8, 4) is 5.75 Å². The summed E-state index contributed by atoms with van der Waals surface area (Å²) in [7, 11) is 1.65. The first-order valence-electron chi connectivity index (χ1n) is 9.15. The first-order valence-corrected chi connectivity index (χ1v) is 9.15. The number of rotatable bonds is 6. The van der Waals surface area contributed by atoms with Crippen molar-refractivity contribution < 1.29 is 9.53 Å². The van der Waals surface area contributed by atoms with Crippen LogP contribution in [0.1, 0.15) is 35.8 Å². The van der Waals surface area contributed by atoms with Gasteiger partial charge in [-0.2, -0.15) is 0 Å². The van der Waals surface area contributed by atoms with Gasteiger partial charge >= 0.3 is 0 Å². The Morgan fingerprint density at radius 3 is 2.73 bits per heavy atom. The van der Waals surface area contributed by atoms with Gasteiger partial charge in [0, 0.05) is 19.6 Å². The van der Waals surface area contributed by atoms with Gasteiger partial charge in [-0.1, -0.05) is 19.1 Å². The molecule has 1 aromatic carbocycles. The number of benzene rings is 1. The Morgan fingerprint density at radius 1 is 1.23 bits per heavy atom. The summed E-state index contributed by atoms with van der Waals surface area (Å²) in [4.78, 5) is 14.5. The summed E-state index contributed by atoms with van der Waals surface area (Å²) in [5.74, 6) is 2.25. The van der Waals surface area contributed by atoms with Crippen molar-refractivity contribution in [1.82, 2.24) is 15.5 Å². The molecule has 1 aromatic heterocycles. The molecule has 2 aromatic rings. The molecule has 0 bridgehead atoms. The van der Waals surface area contributed by atoms with Crippen molar-refractivity contribution in [1.29, 1.82) is 0 Å². The van der Waals surface area contributed by atoms with E-state index >= 15 is 0 Å². The Morgan fingerprint density at radius 2 is 2.04 bits per heavy atom. The van der Waals surface area contributed by atoms with Gasteiger partial charge in [0.15, 0.2) is 11.5 Å². The fraction of sp³-hybridized carbons (Fsp3) is 0.450. The predicted molar refractivity (Wildman–Crippen MR) is 102 cm³/mol. The number of hydrogen-bond donors (Lipinski definition) is 1. The van der Waals surface area contributed by atoms with Gasteiger partial charge < -0.3 is 15.0 Å². The molecule has 1 fully saturated rings. The number of carbonyl (C=O) groups is 1. The number of amides is 1. The average molecular weight is 354 g/mol. The molecule has 1 amide bonds. The molecule has 3 rings (SSSR count). The van der Waals surface area contributed by atoms with Crippen LogP contribution in [0.4, 0.5) is 5.82 Å². The third kappa shape index (κ3) is 4.71. The lowest BCUT2D eigenvalue weighted by Crippen LogP contribution is -2.34. The second kappa shape index (κ2) is 8.65. The molecule has 0 spiro atoms. The Kier molecular flexibility index (Phi) is 6.04. The average Bonchev–Trinajstić information content (AvgIpc) is 2.69. The standard InChI is InChI=1S/C20H26N4O2/c1-15-9-12-24(13-10-15)19-7-6-18(22-23-19)20(25)21-11-8-16-4-3-5-17(14-16)26-2/h3-7,14-15H,8-13H2,1-2H3,(H,21,25). The number of piperidine rings is 1. The molecule has 0 unspecified atom stereocenters. The number of aromatic nitrogens is 2. The number of ether oxygens (including phenoxy) is 1. The van der Waals surface area contributed by atoms with E-state index in [1.165, 1.54) is 12.8 Å². The van der Waals surface area contributed by atoms with Gasteiger partial charge in [0.2, 0.25) is 0 Å². The van der Waals surface area contributed by atoms with Gasteiger partial charge in [0.05, 0.1) is 7.11 Å². The van der Waals surface area contributed by atoms with E-state index in [0.717, 1.165) is 42.6 Å². The molecule has 1 aliphatic heterocycles. The van der Waals surface area contributed by atoms with Crippen LogP contribution < -0.4 is 15.0 Å². The first kappa shape index (κ1) is 18.2. The first-order chi connectivity index (χ1) is 12.7. The van der Waals surface area contributed by atoms with Crippen LogP contribution in [0.25, 0.3) is 0 Å². The zero-order chi connectivity index (χ0) is 18.4. The minimum atomic E-state index is -0.195. The van der Waals surface area contributed by atoms with Crippen LogP contribution in [0, 0.1) is 5.92 Å². The number of anilines is 1. The second-order valence-electron chi connectivity index (χ2n) is 6.80. The second-order valence-corrected chi connectivity index (χ2v) is 6.80. The molecular weight excluding hydrogens is 328 g/mol. The van der Waals surface area contributed by atoms with E-state index in [-0.39, 0.29) is 5.91 Å². The Bertz CT molecular complexity index is 725. The van der Waals surface area contributed by atoms with E-state index in [0.29, 0.717) is 12.2 Å².